The monoisotopic (exact) mass is 369 g/mol. The number of benzene rings is 1. The average Bonchev–Trinajstić information content (AvgIpc) is 2.68. The molecule has 2 aromatic rings. The van der Waals surface area contributed by atoms with Crippen LogP contribution in [0.3, 0.4) is 0 Å². The minimum absolute atomic E-state index is 0.104. The summed E-state index contributed by atoms with van der Waals surface area (Å²) in [6.45, 7) is 5.38. The molecule has 142 valence electrons. The number of amides is 2. The topological polar surface area (TPSA) is 62.3 Å². The van der Waals surface area contributed by atoms with Crippen LogP contribution in [0.1, 0.15) is 57.8 Å². The van der Waals surface area contributed by atoms with Gasteiger partial charge >= 0.3 is 0 Å². The third kappa shape index (κ3) is 4.15. The predicted octanol–water partition coefficient (Wildman–Crippen LogP) is 3.30. The third-order valence-corrected chi connectivity index (χ3v) is 4.92. The van der Waals surface area contributed by atoms with Crippen molar-refractivity contribution in [2.24, 2.45) is 0 Å². The van der Waals surface area contributed by atoms with Gasteiger partial charge in [0.2, 0.25) is 0 Å². The molecule has 1 aromatic heterocycles. The molecule has 5 nitrogen and oxygen atoms in total. The molecule has 1 saturated heterocycles. The predicted molar refractivity (Wildman–Crippen MR) is 101 cm³/mol. The Balaban J connectivity index is 1.74. The summed E-state index contributed by atoms with van der Waals surface area (Å²) < 4.78 is 13.9. The van der Waals surface area contributed by atoms with Crippen molar-refractivity contribution in [3.05, 3.63) is 64.7 Å². The Kier molecular flexibility index (Phi) is 5.84. The van der Waals surface area contributed by atoms with E-state index in [0.29, 0.717) is 38.0 Å². The standard InChI is InChI=1S/C21H24FN3O2/c1-3-23-20(26)17-9-8-14(2)24-19(17)15-10-12-25(13-11-15)21(27)16-6-4-5-7-18(16)22/h4-9,15H,3,10-13H2,1-2H3,(H,23,26). The normalized spacial score (nSPS) is 14.9. The number of nitrogens with one attached hydrogen (secondary N) is 1. The number of carbonyl (C=O) groups excluding carboxylic acids is 2. The molecule has 2 amide bonds. The quantitative estimate of drug-likeness (QED) is 0.899. The summed E-state index contributed by atoms with van der Waals surface area (Å²) in [5, 5.41) is 2.83. The second-order valence-corrected chi connectivity index (χ2v) is 6.79. The number of halogens is 1. The lowest BCUT2D eigenvalue weighted by Crippen LogP contribution is -2.39. The lowest BCUT2D eigenvalue weighted by molar-refractivity contribution is 0.0705. The molecule has 1 aromatic carbocycles. The van der Waals surface area contributed by atoms with Crippen molar-refractivity contribution >= 4 is 11.8 Å². The molecule has 0 unspecified atom stereocenters. The van der Waals surface area contributed by atoms with Gasteiger partial charge in [-0.3, -0.25) is 14.6 Å². The van der Waals surface area contributed by atoms with Crippen LogP contribution in [0, 0.1) is 12.7 Å². The van der Waals surface area contributed by atoms with Gasteiger partial charge in [-0.25, -0.2) is 4.39 Å². The van der Waals surface area contributed by atoms with Gasteiger partial charge in [0.05, 0.1) is 16.8 Å². The fourth-order valence-electron chi connectivity index (χ4n) is 3.50. The zero-order chi connectivity index (χ0) is 19.4. The molecule has 0 saturated carbocycles. The number of hydrogen-bond acceptors (Lipinski definition) is 3. The van der Waals surface area contributed by atoms with Gasteiger partial charge in [0.25, 0.3) is 11.8 Å². The van der Waals surface area contributed by atoms with Gasteiger partial charge in [-0.1, -0.05) is 12.1 Å². The van der Waals surface area contributed by atoms with E-state index in [2.05, 4.69) is 10.3 Å². The van der Waals surface area contributed by atoms with Gasteiger partial charge in [0.15, 0.2) is 0 Å². The number of likely N-dealkylation sites (tertiary alicyclic amines) is 1. The van der Waals surface area contributed by atoms with Crippen LogP contribution in [0.15, 0.2) is 36.4 Å². The van der Waals surface area contributed by atoms with Gasteiger partial charge in [0, 0.05) is 31.2 Å². The molecule has 0 aliphatic carbocycles. The number of nitrogens with zero attached hydrogens (tertiary/aromatic N) is 2. The molecule has 0 radical (unpaired) electrons. The summed E-state index contributed by atoms with van der Waals surface area (Å²) in [4.78, 5) is 31.2. The van der Waals surface area contributed by atoms with Gasteiger partial charge in [-0.2, -0.15) is 0 Å². The lowest BCUT2D eigenvalue weighted by atomic mass is 9.89. The van der Waals surface area contributed by atoms with Crippen molar-refractivity contribution in [3.63, 3.8) is 0 Å². The molecule has 2 heterocycles. The third-order valence-electron chi connectivity index (χ3n) is 4.92. The van der Waals surface area contributed by atoms with Crippen molar-refractivity contribution in [1.29, 1.82) is 0 Å². The summed E-state index contributed by atoms with van der Waals surface area (Å²) in [6.07, 6.45) is 1.39. The summed E-state index contributed by atoms with van der Waals surface area (Å²) in [5.41, 5.74) is 2.36. The van der Waals surface area contributed by atoms with Gasteiger partial charge in [-0.05, 0) is 51.0 Å². The summed E-state index contributed by atoms with van der Waals surface area (Å²) >= 11 is 0. The summed E-state index contributed by atoms with van der Waals surface area (Å²) in [7, 11) is 0. The van der Waals surface area contributed by atoms with Crippen LogP contribution in [0.2, 0.25) is 0 Å². The number of piperidine rings is 1. The molecule has 0 atom stereocenters. The van der Waals surface area contributed by atoms with E-state index in [1.165, 1.54) is 12.1 Å². The van der Waals surface area contributed by atoms with Crippen LogP contribution < -0.4 is 5.32 Å². The number of rotatable bonds is 4. The Morgan fingerprint density at radius 1 is 1.15 bits per heavy atom. The minimum Gasteiger partial charge on any atom is -0.352 e. The molecule has 0 bridgehead atoms. The van der Waals surface area contributed by atoms with Crippen molar-refractivity contribution in [2.75, 3.05) is 19.6 Å². The van der Waals surface area contributed by atoms with Crippen LogP contribution in [0.25, 0.3) is 0 Å². The number of hydrogen-bond donors (Lipinski definition) is 1. The van der Waals surface area contributed by atoms with E-state index in [-0.39, 0.29) is 23.3 Å². The van der Waals surface area contributed by atoms with E-state index in [0.717, 1.165) is 11.4 Å². The number of aromatic nitrogens is 1. The summed E-state index contributed by atoms with van der Waals surface area (Å²) in [6, 6.07) is 9.71. The van der Waals surface area contributed by atoms with Crippen LogP contribution in [-0.4, -0.2) is 41.3 Å². The molecule has 1 fully saturated rings. The molecule has 6 heteroatoms. The second kappa shape index (κ2) is 8.29. The van der Waals surface area contributed by atoms with Crippen LogP contribution in [-0.2, 0) is 0 Å². The number of pyridine rings is 1. The first-order valence-electron chi connectivity index (χ1n) is 9.30. The van der Waals surface area contributed by atoms with Gasteiger partial charge in [-0.15, -0.1) is 0 Å². The van der Waals surface area contributed by atoms with Crippen molar-refractivity contribution in [2.45, 2.75) is 32.6 Å². The molecule has 0 spiro atoms. The average molecular weight is 369 g/mol. The highest BCUT2D eigenvalue weighted by Crippen LogP contribution is 2.30. The van der Waals surface area contributed by atoms with E-state index < -0.39 is 5.82 Å². The maximum Gasteiger partial charge on any atom is 0.256 e. The van der Waals surface area contributed by atoms with E-state index in [9.17, 15) is 14.0 Å². The molecule has 1 aliphatic heterocycles. The highest BCUT2D eigenvalue weighted by Gasteiger charge is 2.29. The number of carbonyl (C=O) groups is 2. The SMILES string of the molecule is CCNC(=O)c1ccc(C)nc1C1CCN(C(=O)c2ccccc2F)CC1. The second-order valence-electron chi connectivity index (χ2n) is 6.79. The smallest absolute Gasteiger partial charge is 0.256 e. The molecule has 3 rings (SSSR count). The van der Waals surface area contributed by atoms with Crippen molar-refractivity contribution in [3.8, 4) is 0 Å². The molecular formula is C21H24FN3O2. The van der Waals surface area contributed by atoms with Crippen molar-refractivity contribution in [1.82, 2.24) is 15.2 Å². The van der Waals surface area contributed by atoms with E-state index in [4.69, 9.17) is 0 Å². The lowest BCUT2D eigenvalue weighted by Gasteiger charge is -2.32. The fourth-order valence-corrected chi connectivity index (χ4v) is 3.50. The molecular weight excluding hydrogens is 345 g/mol. The maximum absolute atomic E-state index is 13.9. The Bertz CT molecular complexity index is 845. The maximum atomic E-state index is 13.9. The van der Waals surface area contributed by atoms with E-state index >= 15 is 0 Å². The Hall–Kier alpha value is -2.76. The van der Waals surface area contributed by atoms with E-state index in [1.807, 2.05) is 26.0 Å². The minimum atomic E-state index is -0.497. The Labute approximate surface area is 158 Å². The first-order chi connectivity index (χ1) is 13.0. The van der Waals surface area contributed by atoms with Gasteiger partial charge in [0.1, 0.15) is 5.82 Å². The largest absolute Gasteiger partial charge is 0.352 e. The summed E-state index contributed by atoms with van der Waals surface area (Å²) in [5.74, 6) is -0.798. The van der Waals surface area contributed by atoms with Crippen LogP contribution in [0.5, 0.6) is 0 Å². The molecule has 1 aliphatic rings. The van der Waals surface area contributed by atoms with Gasteiger partial charge < -0.3 is 10.2 Å². The fraction of sp³-hybridized carbons (Fsp3) is 0.381. The zero-order valence-electron chi connectivity index (χ0n) is 15.7. The first kappa shape index (κ1) is 19.0. The van der Waals surface area contributed by atoms with Crippen molar-refractivity contribution < 1.29 is 14.0 Å². The Morgan fingerprint density at radius 3 is 2.52 bits per heavy atom. The molecule has 1 N–H and O–H groups in total. The highest BCUT2D eigenvalue weighted by atomic mass is 19.1. The van der Waals surface area contributed by atoms with E-state index in [1.54, 1.807) is 17.0 Å². The van der Waals surface area contributed by atoms with Crippen LogP contribution in [0.4, 0.5) is 4.39 Å². The number of aryl methyl sites for hydroxylation is 1. The highest BCUT2D eigenvalue weighted by molar-refractivity contribution is 5.96. The first-order valence-corrected chi connectivity index (χ1v) is 9.30. The van der Waals surface area contributed by atoms with Crippen LogP contribution >= 0.6 is 0 Å². The zero-order valence-corrected chi connectivity index (χ0v) is 15.7. The Morgan fingerprint density at radius 2 is 1.85 bits per heavy atom. The molecule has 27 heavy (non-hydrogen) atoms.